The molecule has 0 saturated heterocycles. The second-order valence-electron chi connectivity index (χ2n) is 8.53. The van der Waals surface area contributed by atoms with Crippen LogP contribution in [0.5, 0.6) is 0 Å². The van der Waals surface area contributed by atoms with E-state index >= 15 is 0 Å². The Balaban J connectivity index is 1.94. The molecule has 0 fully saturated rings. The fourth-order valence-electron chi connectivity index (χ4n) is 3.13. The fraction of sp³-hybridized carbons (Fsp3) is 0.346. The van der Waals surface area contributed by atoms with Crippen molar-refractivity contribution in [2.45, 2.75) is 39.0 Å². The summed E-state index contributed by atoms with van der Waals surface area (Å²) in [5.41, 5.74) is 3.66. The van der Waals surface area contributed by atoms with Crippen molar-refractivity contribution < 1.29 is 29.8 Å². The summed E-state index contributed by atoms with van der Waals surface area (Å²) in [5.74, 6) is 4.46. The minimum atomic E-state index is -1.30. The van der Waals surface area contributed by atoms with Crippen LogP contribution in [0, 0.1) is 17.8 Å². The van der Waals surface area contributed by atoms with Gasteiger partial charge in [0.05, 0.1) is 19.3 Å². The highest BCUT2D eigenvalue weighted by Gasteiger charge is 2.25. The molecule has 0 aliphatic heterocycles. The summed E-state index contributed by atoms with van der Waals surface area (Å²) >= 11 is 0. The largest absolute Gasteiger partial charge is 0.395 e. The Bertz CT molecular complexity index is 1090. The molecule has 10 nitrogen and oxygen atoms in total. The first-order valence-corrected chi connectivity index (χ1v) is 11.4. The quantitative estimate of drug-likeness (QED) is 0.144. The molecule has 3 amide bonds. The summed E-state index contributed by atoms with van der Waals surface area (Å²) in [6.07, 6.45) is -1.20. The molecule has 2 aromatic rings. The van der Waals surface area contributed by atoms with E-state index in [0.717, 1.165) is 5.56 Å². The molecule has 36 heavy (non-hydrogen) atoms. The SMILES string of the molecule is CC(C)C(CO)NCC(=O)Nc1ccc(C#Cc2ccc(C(=O)N[C@H](C(=O)NO)[C@@H](C)O)cc2)cc1. The number of rotatable bonds is 10. The zero-order chi connectivity index (χ0) is 26.7. The standard InChI is InChI=1S/C26H32N4O6/c1-16(2)22(15-31)27-14-23(33)28-21-12-8-19(9-13-21)5-4-18-6-10-20(11-7-18)25(34)29-24(17(3)32)26(35)30-36/h6-13,16-17,22,24,27,31-32,36H,14-15H2,1-3H3,(H,28,33)(H,29,34)(H,30,35)/t17-,22?,24+/m1/s1. The maximum Gasteiger partial charge on any atom is 0.268 e. The van der Waals surface area contributed by atoms with E-state index < -0.39 is 24.0 Å². The molecule has 0 radical (unpaired) electrons. The number of aliphatic hydroxyl groups is 2. The van der Waals surface area contributed by atoms with E-state index in [1.54, 1.807) is 36.4 Å². The molecule has 0 aromatic heterocycles. The van der Waals surface area contributed by atoms with E-state index in [-0.39, 0.29) is 36.6 Å². The summed E-state index contributed by atoms with van der Waals surface area (Å²) in [6, 6.07) is 11.9. The smallest absolute Gasteiger partial charge is 0.268 e. The Hall–Kier alpha value is -3.75. The minimum Gasteiger partial charge on any atom is -0.395 e. The number of nitrogens with one attached hydrogen (secondary N) is 4. The van der Waals surface area contributed by atoms with Crippen LogP contribution in [0.15, 0.2) is 48.5 Å². The zero-order valence-corrected chi connectivity index (χ0v) is 20.4. The predicted octanol–water partition coefficient (Wildman–Crippen LogP) is 0.616. The van der Waals surface area contributed by atoms with Crippen LogP contribution in [-0.2, 0) is 9.59 Å². The Kier molecular flexibility index (Phi) is 11.1. The van der Waals surface area contributed by atoms with Crippen molar-refractivity contribution in [2.24, 2.45) is 5.92 Å². The monoisotopic (exact) mass is 496 g/mol. The molecular weight excluding hydrogens is 464 g/mol. The van der Waals surface area contributed by atoms with Gasteiger partial charge in [-0.05, 0) is 61.4 Å². The molecule has 0 bridgehead atoms. The normalized spacial score (nSPS) is 13.1. The van der Waals surface area contributed by atoms with Crippen LogP contribution in [0.3, 0.4) is 0 Å². The summed E-state index contributed by atoms with van der Waals surface area (Å²) < 4.78 is 0. The molecule has 3 atom stereocenters. The summed E-state index contributed by atoms with van der Waals surface area (Å²) in [7, 11) is 0. The van der Waals surface area contributed by atoms with Gasteiger partial charge >= 0.3 is 0 Å². The maximum absolute atomic E-state index is 12.3. The van der Waals surface area contributed by atoms with E-state index in [0.29, 0.717) is 11.3 Å². The average molecular weight is 497 g/mol. The molecule has 10 heteroatoms. The fourth-order valence-corrected chi connectivity index (χ4v) is 3.13. The van der Waals surface area contributed by atoms with Gasteiger partial charge in [0.15, 0.2) is 0 Å². The molecule has 2 aromatic carbocycles. The van der Waals surface area contributed by atoms with Gasteiger partial charge in [-0.15, -0.1) is 0 Å². The summed E-state index contributed by atoms with van der Waals surface area (Å²) in [4.78, 5) is 36.0. The Morgan fingerprint density at radius 2 is 1.47 bits per heavy atom. The van der Waals surface area contributed by atoms with E-state index in [2.05, 4.69) is 27.8 Å². The highest BCUT2D eigenvalue weighted by atomic mass is 16.5. The molecule has 2 rings (SSSR count). The number of hydrogen-bond donors (Lipinski definition) is 7. The second-order valence-corrected chi connectivity index (χ2v) is 8.53. The third kappa shape index (κ3) is 8.79. The average Bonchev–Trinajstić information content (AvgIpc) is 2.86. The van der Waals surface area contributed by atoms with E-state index in [1.807, 2.05) is 13.8 Å². The first kappa shape index (κ1) is 28.5. The van der Waals surface area contributed by atoms with E-state index in [4.69, 9.17) is 5.21 Å². The molecule has 0 heterocycles. The zero-order valence-electron chi connectivity index (χ0n) is 20.4. The maximum atomic E-state index is 12.3. The van der Waals surface area contributed by atoms with Gasteiger partial charge in [0, 0.05) is 28.4 Å². The van der Waals surface area contributed by atoms with Gasteiger partial charge < -0.3 is 26.2 Å². The number of carbonyl (C=O) groups is 3. The van der Waals surface area contributed by atoms with Gasteiger partial charge in [-0.2, -0.15) is 0 Å². The van der Waals surface area contributed by atoms with Crippen LogP contribution >= 0.6 is 0 Å². The summed E-state index contributed by atoms with van der Waals surface area (Å²) in [5, 5.41) is 35.9. The number of hydroxylamine groups is 1. The van der Waals surface area contributed by atoms with Crippen molar-refractivity contribution in [1.82, 2.24) is 16.1 Å². The molecule has 0 saturated carbocycles. The van der Waals surface area contributed by atoms with Crippen LogP contribution in [0.2, 0.25) is 0 Å². The van der Waals surface area contributed by atoms with Crippen LogP contribution in [0.4, 0.5) is 5.69 Å². The van der Waals surface area contributed by atoms with Gasteiger partial charge in [-0.25, -0.2) is 5.48 Å². The molecule has 0 spiro atoms. The number of aliphatic hydroxyl groups excluding tert-OH is 2. The van der Waals surface area contributed by atoms with E-state index in [9.17, 15) is 24.6 Å². The van der Waals surface area contributed by atoms with Gasteiger partial charge in [-0.3, -0.25) is 19.6 Å². The number of carbonyl (C=O) groups excluding carboxylic acids is 3. The van der Waals surface area contributed by atoms with Gasteiger partial charge in [-0.1, -0.05) is 25.7 Å². The number of benzene rings is 2. The van der Waals surface area contributed by atoms with Crippen molar-refractivity contribution in [3.63, 3.8) is 0 Å². The van der Waals surface area contributed by atoms with Gasteiger partial charge in [0.25, 0.3) is 11.8 Å². The highest BCUT2D eigenvalue weighted by Crippen LogP contribution is 2.10. The number of hydrogen-bond acceptors (Lipinski definition) is 7. The Morgan fingerprint density at radius 1 is 0.917 bits per heavy atom. The van der Waals surface area contributed by atoms with Crippen LogP contribution in [0.25, 0.3) is 0 Å². The Labute approximate surface area is 210 Å². The van der Waals surface area contributed by atoms with Crippen LogP contribution < -0.4 is 21.4 Å². The first-order chi connectivity index (χ1) is 17.1. The van der Waals surface area contributed by atoms with Crippen molar-refractivity contribution in [1.29, 1.82) is 0 Å². The van der Waals surface area contributed by atoms with Crippen molar-refractivity contribution in [2.75, 3.05) is 18.5 Å². The lowest BCUT2D eigenvalue weighted by Gasteiger charge is -2.19. The third-order valence-electron chi connectivity index (χ3n) is 5.35. The molecule has 0 aliphatic carbocycles. The minimum absolute atomic E-state index is 0.0406. The highest BCUT2D eigenvalue weighted by molar-refractivity contribution is 5.97. The van der Waals surface area contributed by atoms with Crippen molar-refractivity contribution in [3.05, 3.63) is 65.2 Å². The molecular formula is C26H32N4O6. The van der Waals surface area contributed by atoms with Crippen molar-refractivity contribution in [3.8, 4) is 11.8 Å². The van der Waals surface area contributed by atoms with Gasteiger partial charge in [0.2, 0.25) is 5.91 Å². The predicted molar refractivity (Wildman–Crippen MR) is 134 cm³/mol. The lowest BCUT2D eigenvalue weighted by molar-refractivity contribution is -0.133. The van der Waals surface area contributed by atoms with Crippen LogP contribution in [-0.4, -0.2) is 64.5 Å². The topological polar surface area (TPSA) is 160 Å². The summed E-state index contributed by atoms with van der Waals surface area (Å²) in [6.45, 7) is 5.30. The van der Waals surface area contributed by atoms with Crippen molar-refractivity contribution >= 4 is 23.4 Å². The molecule has 1 unspecified atom stereocenters. The molecule has 192 valence electrons. The number of anilines is 1. The lowest BCUT2D eigenvalue weighted by Crippen LogP contribution is -2.51. The Morgan fingerprint density at radius 3 is 1.94 bits per heavy atom. The molecule has 0 aliphatic rings. The lowest BCUT2D eigenvalue weighted by atomic mass is 10.1. The second kappa shape index (κ2) is 14.0. The first-order valence-electron chi connectivity index (χ1n) is 11.4. The number of amides is 3. The van der Waals surface area contributed by atoms with Crippen LogP contribution in [0.1, 0.15) is 42.3 Å². The third-order valence-corrected chi connectivity index (χ3v) is 5.35. The van der Waals surface area contributed by atoms with Gasteiger partial charge in [0.1, 0.15) is 6.04 Å². The molecule has 7 N–H and O–H groups in total. The van der Waals surface area contributed by atoms with E-state index in [1.165, 1.54) is 24.5 Å².